The van der Waals surface area contributed by atoms with Gasteiger partial charge in [0.15, 0.2) is 5.60 Å². The van der Waals surface area contributed by atoms with Crippen LogP contribution in [0.3, 0.4) is 0 Å². The minimum absolute atomic E-state index is 0.0116. The summed E-state index contributed by atoms with van der Waals surface area (Å²) in [6, 6.07) is 4.35. The molecule has 1 aliphatic rings. The number of benzene rings is 1. The lowest BCUT2D eigenvalue weighted by Crippen LogP contribution is -2.62. The van der Waals surface area contributed by atoms with Crippen LogP contribution in [0, 0.1) is 17.2 Å². The summed E-state index contributed by atoms with van der Waals surface area (Å²) in [5.74, 6) is -4.69. The van der Waals surface area contributed by atoms with E-state index >= 15 is 0 Å². The topological polar surface area (TPSA) is 81.4 Å². The fraction of sp³-hybridized carbons (Fsp3) is 0.652. The number of hydrogen-bond donors (Lipinski definition) is 2. The number of halogens is 3. The maximum absolute atomic E-state index is 14.6. The van der Waals surface area contributed by atoms with Crippen LogP contribution in [0.4, 0.5) is 23.7 Å². The van der Waals surface area contributed by atoms with Crippen molar-refractivity contribution in [2.24, 2.45) is 17.1 Å². The zero-order valence-electron chi connectivity index (χ0n) is 19.1. The third-order valence-corrected chi connectivity index (χ3v) is 6.04. The summed E-state index contributed by atoms with van der Waals surface area (Å²) < 4.78 is 47.6. The molecule has 1 aliphatic carbocycles. The highest BCUT2D eigenvalue weighted by atomic mass is 19.3. The maximum atomic E-state index is 14.6. The second kappa shape index (κ2) is 8.36. The van der Waals surface area contributed by atoms with E-state index in [1.165, 1.54) is 6.07 Å². The molecule has 1 atom stereocenters. The highest BCUT2D eigenvalue weighted by Gasteiger charge is 2.59. The van der Waals surface area contributed by atoms with Crippen molar-refractivity contribution < 1.29 is 27.5 Å². The molecule has 0 aromatic heterocycles. The number of anilines is 1. The van der Waals surface area contributed by atoms with Gasteiger partial charge in [0.05, 0.1) is 0 Å². The number of carbonyl (C=O) groups is 2. The van der Waals surface area contributed by atoms with Gasteiger partial charge in [-0.3, -0.25) is 4.79 Å². The van der Waals surface area contributed by atoms with E-state index in [0.29, 0.717) is 5.56 Å². The highest BCUT2D eigenvalue weighted by molar-refractivity contribution is 5.99. The molecule has 0 aliphatic heterocycles. The van der Waals surface area contributed by atoms with Gasteiger partial charge in [0, 0.05) is 29.9 Å². The minimum Gasteiger partial charge on any atom is -0.432 e. The number of hydrogen-bond acceptors (Lipinski definition) is 3. The van der Waals surface area contributed by atoms with Crippen LogP contribution >= 0.6 is 0 Å². The van der Waals surface area contributed by atoms with Crippen LogP contribution in [0.5, 0.6) is 0 Å². The lowest BCUT2D eigenvalue weighted by atomic mass is 9.63. The molecule has 0 spiro atoms. The van der Waals surface area contributed by atoms with Gasteiger partial charge in [-0.1, -0.05) is 47.6 Å². The number of primary amides is 1. The van der Waals surface area contributed by atoms with E-state index in [1.54, 1.807) is 32.9 Å². The van der Waals surface area contributed by atoms with Gasteiger partial charge in [-0.15, -0.1) is 0 Å². The predicted molar refractivity (Wildman–Crippen MR) is 113 cm³/mol. The third-order valence-electron chi connectivity index (χ3n) is 6.04. The molecule has 0 saturated heterocycles. The monoisotopic (exact) mass is 442 g/mol. The van der Waals surface area contributed by atoms with Gasteiger partial charge in [0.2, 0.25) is 5.92 Å². The molecule has 5 nitrogen and oxygen atoms in total. The van der Waals surface area contributed by atoms with Gasteiger partial charge >= 0.3 is 6.09 Å². The average Bonchev–Trinajstić information content (AvgIpc) is 2.57. The van der Waals surface area contributed by atoms with E-state index in [2.05, 4.69) is 5.32 Å². The molecule has 31 heavy (non-hydrogen) atoms. The molecular formula is C23H33F3N2O3. The number of ether oxygens (including phenoxy) is 1. The highest BCUT2D eigenvalue weighted by Crippen LogP contribution is 2.49. The summed E-state index contributed by atoms with van der Waals surface area (Å²) in [6.07, 6.45) is -2.03. The molecule has 0 radical (unpaired) electrons. The number of nitrogens with one attached hydrogen (secondary N) is 1. The normalized spacial score (nSPS) is 19.4. The van der Waals surface area contributed by atoms with Gasteiger partial charge < -0.3 is 15.8 Å². The van der Waals surface area contributed by atoms with Gasteiger partial charge in [-0.05, 0) is 36.0 Å². The molecule has 1 aromatic carbocycles. The Morgan fingerprint density at radius 1 is 1.10 bits per heavy atom. The van der Waals surface area contributed by atoms with Crippen LogP contribution in [-0.2, 0) is 14.9 Å². The van der Waals surface area contributed by atoms with Crippen LogP contribution in [0.1, 0.15) is 72.8 Å². The largest absolute Gasteiger partial charge is 0.432 e. The zero-order chi connectivity index (χ0) is 23.8. The first-order chi connectivity index (χ1) is 14.0. The van der Waals surface area contributed by atoms with E-state index in [4.69, 9.17) is 10.5 Å². The molecule has 1 unspecified atom stereocenters. The Kier molecular flexibility index (Phi) is 6.74. The number of alkyl halides is 2. The zero-order valence-corrected chi connectivity index (χ0v) is 19.1. The molecule has 1 saturated carbocycles. The second-order valence-electron chi connectivity index (χ2n) is 10.4. The Balaban J connectivity index is 2.45. The Morgan fingerprint density at radius 3 is 2.06 bits per heavy atom. The van der Waals surface area contributed by atoms with E-state index in [1.807, 2.05) is 20.8 Å². The minimum atomic E-state index is -2.82. The van der Waals surface area contributed by atoms with E-state index in [0.717, 1.165) is 0 Å². The quantitative estimate of drug-likeness (QED) is 0.621. The van der Waals surface area contributed by atoms with Gasteiger partial charge in [0.1, 0.15) is 5.82 Å². The number of carbonyl (C=O) groups excluding carboxylic acids is 2. The van der Waals surface area contributed by atoms with E-state index < -0.39 is 58.9 Å². The van der Waals surface area contributed by atoms with Crippen molar-refractivity contribution in [3.8, 4) is 0 Å². The second-order valence-corrected chi connectivity index (χ2v) is 10.4. The summed E-state index contributed by atoms with van der Waals surface area (Å²) >= 11 is 0. The first-order valence-electron chi connectivity index (χ1n) is 10.5. The van der Waals surface area contributed by atoms with Crippen molar-refractivity contribution in [3.63, 3.8) is 0 Å². The Bertz CT molecular complexity index is 833. The van der Waals surface area contributed by atoms with Crippen LogP contribution in [0.25, 0.3) is 0 Å². The molecule has 174 valence electrons. The van der Waals surface area contributed by atoms with E-state index in [-0.39, 0.29) is 18.5 Å². The van der Waals surface area contributed by atoms with Gasteiger partial charge in [-0.25, -0.2) is 18.0 Å². The predicted octanol–water partition coefficient (Wildman–Crippen LogP) is 5.77. The average molecular weight is 443 g/mol. The van der Waals surface area contributed by atoms with Crippen LogP contribution < -0.4 is 11.1 Å². The van der Waals surface area contributed by atoms with Crippen molar-refractivity contribution in [2.45, 2.75) is 84.2 Å². The van der Waals surface area contributed by atoms with E-state index in [9.17, 15) is 22.8 Å². The molecule has 0 heterocycles. The smallest absolute Gasteiger partial charge is 0.405 e. The summed E-state index contributed by atoms with van der Waals surface area (Å²) in [5, 5.41) is 2.63. The molecule has 1 aromatic rings. The summed E-state index contributed by atoms with van der Waals surface area (Å²) in [6.45, 7) is 10.7. The Morgan fingerprint density at radius 2 is 1.65 bits per heavy atom. The van der Waals surface area contributed by atoms with Crippen molar-refractivity contribution in [3.05, 3.63) is 29.6 Å². The van der Waals surface area contributed by atoms with Gasteiger partial charge in [-0.2, -0.15) is 0 Å². The standard InChI is InChI=1S/C23H33F3N2O3/c1-20(2,3)16-8-7-15(13-17(16)24)28-18(29)23(21(4,5)6,31-19(27)30)14-9-11-22(25,26)12-10-14/h7-8,13-14H,9-12H2,1-6H3,(H2,27,30)(H,28,29). The maximum Gasteiger partial charge on any atom is 0.405 e. The molecule has 3 N–H and O–H groups in total. The summed E-state index contributed by atoms with van der Waals surface area (Å²) in [7, 11) is 0. The first kappa shape index (κ1) is 25.0. The van der Waals surface area contributed by atoms with Crippen molar-refractivity contribution in [1.29, 1.82) is 0 Å². The Labute approximate surface area is 181 Å². The SMILES string of the molecule is CC(C)(C)c1ccc(NC(=O)C(OC(N)=O)(C2CCC(F)(F)CC2)C(C)(C)C)cc1F. The lowest BCUT2D eigenvalue weighted by Gasteiger charge is -2.48. The first-order valence-corrected chi connectivity index (χ1v) is 10.5. The molecular weight excluding hydrogens is 409 g/mol. The van der Waals surface area contributed by atoms with Crippen LogP contribution in [0.15, 0.2) is 18.2 Å². The van der Waals surface area contributed by atoms with Crippen LogP contribution in [-0.4, -0.2) is 23.5 Å². The fourth-order valence-corrected chi connectivity index (χ4v) is 4.45. The third kappa shape index (κ3) is 5.33. The number of amides is 2. The molecule has 8 heteroatoms. The molecule has 0 bridgehead atoms. The molecule has 2 rings (SSSR count). The molecule has 1 fully saturated rings. The molecule has 2 amide bonds. The van der Waals surface area contributed by atoms with Gasteiger partial charge in [0.25, 0.3) is 5.91 Å². The van der Waals surface area contributed by atoms with Crippen LogP contribution in [0.2, 0.25) is 0 Å². The van der Waals surface area contributed by atoms with Crippen molar-refractivity contribution in [1.82, 2.24) is 0 Å². The summed E-state index contributed by atoms with van der Waals surface area (Å²) in [4.78, 5) is 25.3. The van der Waals surface area contributed by atoms with Crippen molar-refractivity contribution >= 4 is 17.7 Å². The number of nitrogens with two attached hydrogens (primary N) is 1. The Hall–Kier alpha value is -2.25. The lowest BCUT2D eigenvalue weighted by molar-refractivity contribution is -0.167. The van der Waals surface area contributed by atoms with Crippen molar-refractivity contribution in [2.75, 3.05) is 5.32 Å². The summed E-state index contributed by atoms with van der Waals surface area (Å²) in [5.41, 5.74) is 2.78. The number of rotatable bonds is 4. The fourth-order valence-electron chi connectivity index (χ4n) is 4.45.